The van der Waals surface area contributed by atoms with Crippen LogP contribution in [0.2, 0.25) is 0 Å². The van der Waals surface area contributed by atoms with E-state index in [9.17, 15) is 9.59 Å². The number of anilines is 1. The van der Waals surface area contributed by atoms with E-state index in [1.54, 1.807) is 13.0 Å². The molecule has 0 saturated carbocycles. The predicted octanol–water partition coefficient (Wildman–Crippen LogP) is 3.62. The minimum absolute atomic E-state index is 0.0447. The zero-order valence-corrected chi connectivity index (χ0v) is 17.1. The molecule has 0 amide bonds. The summed E-state index contributed by atoms with van der Waals surface area (Å²) in [5.41, 5.74) is 5.68. The number of carbonyl (C=O) groups excluding carboxylic acids is 1. The molecule has 1 fully saturated rings. The Morgan fingerprint density at radius 2 is 1.89 bits per heavy atom. The van der Waals surface area contributed by atoms with Gasteiger partial charge in [-0.3, -0.25) is 9.59 Å². The van der Waals surface area contributed by atoms with Gasteiger partial charge in [0.1, 0.15) is 0 Å². The molecule has 5 heteroatoms. The molecule has 5 nitrogen and oxygen atoms in total. The van der Waals surface area contributed by atoms with Crippen molar-refractivity contribution in [2.75, 3.05) is 31.2 Å². The summed E-state index contributed by atoms with van der Waals surface area (Å²) >= 11 is 0. The number of ketones is 1. The summed E-state index contributed by atoms with van der Waals surface area (Å²) in [7, 11) is 0. The second-order valence-electron chi connectivity index (χ2n) is 8.31. The molecule has 1 saturated heterocycles. The third kappa shape index (κ3) is 3.18. The molecular weight excluding hydrogens is 352 g/mol. The Morgan fingerprint density at radius 1 is 1.18 bits per heavy atom. The second kappa shape index (κ2) is 7.21. The van der Waals surface area contributed by atoms with E-state index in [-0.39, 0.29) is 11.2 Å². The van der Waals surface area contributed by atoms with Gasteiger partial charge in [-0.1, -0.05) is 13.8 Å². The number of pyridine rings is 1. The molecule has 0 spiro atoms. The van der Waals surface area contributed by atoms with Crippen LogP contribution >= 0.6 is 0 Å². The quantitative estimate of drug-likeness (QED) is 0.763. The van der Waals surface area contributed by atoms with Gasteiger partial charge in [-0.05, 0) is 43.9 Å². The summed E-state index contributed by atoms with van der Waals surface area (Å²) in [4.78, 5) is 27.1. The number of hydrogen-bond donors (Lipinski definition) is 0. The average Bonchev–Trinajstić information content (AvgIpc) is 2.68. The van der Waals surface area contributed by atoms with Crippen molar-refractivity contribution in [1.29, 1.82) is 0 Å². The fourth-order valence-electron chi connectivity index (χ4n) is 4.41. The highest BCUT2D eigenvalue weighted by Crippen LogP contribution is 2.40. The van der Waals surface area contributed by atoms with Gasteiger partial charge in [0.25, 0.3) is 0 Å². The maximum Gasteiger partial charge on any atom is 0.185 e. The topological polar surface area (TPSA) is 51.5 Å². The number of morpholine rings is 1. The lowest BCUT2D eigenvalue weighted by atomic mass is 9.85. The summed E-state index contributed by atoms with van der Waals surface area (Å²) in [6.45, 7) is 10.9. The Hall–Kier alpha value is -2.40. The lowest BCUT2D eigenvalue weighted by Gasteiger charge is -2.36. The molecule has 2 aromatic rings. The van der Waals surface area contributed by atoms with Crippen molar-refractivity contribution in [2.24, 2.45) is 5.92 Å². The molecule has 28 heavy (non-hydrogen) atoms. The number of carbonyl (C=O) groups is 1. The number of hydrogen-bond acceptors (Lipinski definition) is 4. The first kappa shape index (κ1) is 18.9. The Bertz CT molecular complexity index is 984. The average molecular weight is 380 g/mol. The Morgan fingerprint density at radius 3 is 2.54 bits per heavy atom. The summed E-state index contributed by atoms with van der Waals surface area (Å²) in [5.74, 6) is 0.490. The monoisotopic (exact) mass is 380 g/mol. The van der Waals surface area contributed by atoms with E-state index in [0.717, 1.165) is 47.6 Å². The highest BCUT2D eigenvalue weighted by Gasteiger charge is 2.29. The second-order valence-corrected chi connectivity index (χ2v) is 8.31. The zero-order valence-electron chi connectivity index (χ0n) is 17.1. The summed E-state index contributed by atoms with van der Waals surface area (Å²) in [6.07, 6.45) is 2.88. The zero-order chi connectivity index (χ0) is 20.0. The first-order valence-electron chi connectivity index (χ1n) is 10.1. The van der Waals surface area contributed by atoms with Crippen LogP contribution in [0.3, 0.4) is 0 Å². The number of aromatic nitrogens is 1. The normalized spacial score (nSPS) is 18.8. The minimum Gasteiger partial charge on any atom is -0.378 e. The fraction of sp³-hybridized carbons (Fsp3) is 0.478. The van der Waals surface area contributed by atoms with Crippen LogP contribution in [0, 0.1) is 12.8 Å². The number of nitrogens with zero attached hydrogens (tertiary/aromatic N) is 2. The van der Waals surface area contributed by atoms with Crippen LogP contribution in [0.4, 0.5) is 5.69 Å². The highest BCUT2D eigenvalue weighted by atomic mass is 16.5. The molecule has 3 heterocycles. The van der Waals surface area contributed by atoms with Crippen LogP contribution in [0.25, 0.3) is 11.3 Å². The van der Waals surface area contributed by atoms with E-state index in [1.807, 2.05) is 19.2 Å². The standard InChI is InChI=1S/C23H28N2O3/c1-14(2)20-9-17-10-21(24-5-7-28-8-6-24)18(16(4)26)11-19(17)22-12-23(27)15(3)13-25(20)22/h10-14,20H,5-9H2,1-4H3. The van der Waals surface area contributed by atoms with E-state index in [2.05, 4.69) is 29.4 Å². The van der Waals surface area contributed by atoms with Gasteiger partial charge in [-0.2, -0.15) is 0 Å². The molecule has 0 bridgehead atoms. The number of Topliss-reactive ketones (excluding diaryl/α,β-unsaturated/α-hetero) is 1. The van der Waals surface area contributed by atoms with Gasteiger partial charge in [0.05, 0.1) is 18.9 Å². The first-order valence-corrected chi connectivity index (χ1v) is 10.1. The summed E-state index contributed by atoms with van der Waals surface area (Å²) in [6, 6.07) is 6.21. The van der Waals surface area contributed by atoms with Crippen LogP contribution in [-0.4, -0.2) is 36.7 Å². The number of fused-ring (bicyclic) bond motifs is 3. The lowest BCUT2D eigenvalue weighted by molar-refractivity contribution is 0.101. The van der Waals surface area contributed by atoms with Gasteiger partial charge in [0.2, 0.25) is 0 Å². The number of ether oxygens (including phenoxy) is 1. The SMILES string of the molecule is CC(=O)c1cc2c(cc1N1CCOCC1)CC(C(C)C)n1cc(C)c(=O)cc1-2. The van der Waals surface area contributed by atoms with E-state index < -0.39 is 0 Å². The first-order chi connectivity index (χ1) is 13.4. The largest absolute Gasteiger partial charge is 0.378 e. The predicted molar refractivity (Wildman–Crippen MR) is 111 cm³/mol. The Labute approximate surface area is 165 Å². The van der Waals surface area contributed by atoms with Crippen molar-refractivity contribution in [3.63, 3.8) is 0 Å². The Balaban J connectivity index is 1.93. The molecule has 2 aliphatic heterocycles. The van der Waals surface area contributed by atoms with E-state index in [4.69, 9.17) is 4.74 Å². The molecule has 1 atom stereocenters. The molecule has 0 radical (unpaired) electrons. The molecule has 1 unspecified atom stereocenters. The maximum absolute atomic E-state index is 12.5. The molecule has 0 N–H and O–H groups in total. The Kier molecular flexibility index (Phi) is 4.88. The smallest absolute Gasteiger partial charge is 0.185 e. The van der Waals surface area contributed by atoms with E-state index >= 15 is 0 Å². The lowest BCUT2D eigenvalue weighted by Crippen LogP contribution is -2.37. The van der Waals surface area contributed by atoms with Crippen molar-refractivity contribution in [3.05, 3.63) is 51.3 Å². The molecule has 148 valence electrons. The molecular formula is C23H28N2O3. The highest BCUT2D eigenvalue weighted by molar-refractivity contribution is 6.01. The maximum atomic E-state index is 12.5. The van der Waals surface area contributed by atoms with Crippen molar-refractivity contribution in [1.82, 2.24) is 4.57 Å². The van der Waals surface area contributed by atoms with Gasteiger partial charge in [-0.25, -0.2) is 0 Å². The molecule has 0 aliphatic carbocycles. The molecule has 1 aromatic heterocycles. The fourth-order valence-corrected chi connectivity index (χ4v) is 4.41. The van der Waals surface area contributed by atoms with Crippen LogP contribution in [-0.2, 0) is 11.2 Å². The van der Waals surface area contributed by atoms with Gasteiger partial charge < -0.3 is 14.2 Å². The summed E-state index contributed by atoms with van der Waals surface area (Å²) in [5, 5.41) is 0. The van der Waals surface area contributed by atoms with Gasteiger partial charge in [0, 0.05) is 53.8 Å². The van der Waals surface area contributed by atoms with Crippen molar-refractivity contribution >= 4 is 11.5 Å². The van der Waals surface area contributed by atoms with E-state index in [1.165, 1.54) is 5.56 Å². The van der Waals surface area contributed by atoms with Gasteiger partial charge in [-0.15, -0.1) is 0 Å². The summed E-state index contributed by atoms with van der Waals surface area (Å²) < 4.78 is 7.73. The number of rotatable bonds is 3. The third-order valence-corrected chi connectivity index (χ3v) is 6.05. The molecule has 1 aromatic carbocycles. The minimum atomic E-state index is 0.0447. The van der Waals surface area contributed by atoms with Crippen LogP contribution < -0.4 is 10.3 Å². The van der Waals surface area contributed by atoms with Crippen LogP contribution in [0.1, 0.15) is 48.3 Å². The molecule has 4 rings (SSSR count). The van der Waals surface area contributed by atoms with Crippen LogP contribution in [0.5, 0.6) is 0 Å². The van der Waals surface area contributed by atoms with Crippen molar-refractivity contribution in [2.45, 2.75) is 40.2 Å². The number of aryl methyl sites for hydroxylation is 1. The van der Waals surface area contributed by atoms with Crippen molar-refractivity contribution < 1.29 is 9.53 Å². The van der Waals surface area contributed by atoms with Crippen LogP contribution in [0.15, 0.2) is 29.2 Å². The van der Waals surface area contributed by atoms with Crippen molar-refractivity contribution in [3.8, 4) is 11.3 Å². The third-order valence-electron chi connectivity index (χ3n) is 6.05. The number of benzene rings is 1. The molecule has 2 aliphatic rings. The van der Waals surface area contributed by atoms with Gasteiger partial charge >= 0.3 is 0 Å². The van der Waals surface area contributed by atoms with Gasteiger partial charge in [0.15, 0.2) is 11.2 Å². The van der Waals surface area contributed by atoms with E-state index in [0.29, 0.717) is 25.2 Å².